The Hall–Kier alpha value is -2.67. The van der Waals surface area contributed by atoms with E-state index in [2.05, 4.69) is 15.4 Å². The van der Waals surface area contributed by atoms with E-state index in [9.17, 15) is 5.11 Å². The Bertz CT molecular complexity index is 761. The highest BCUT2D eigenvalue weighted by molar-refractivity contribution is 5.28. The lowest BCUT2D eigenvalue weighted by Crippen LogP contribution is -1.99. The molecular weight excluding hydrogens is 294 g/mol. The molecule has 0 spiro atoms. The molecule has 23 heavy (non-hydrogen) atoms. The fraction of sp³-hybridized carbons (Fsp3) is 0.312. The average molecular weight is 313 g/mol. The van der Waals surface area contributed by atoms with Crippen molar-refractivity contribution in [1.82, 2.24) is 24.8 Å². The number of ether oxygens (including phenoxy) is 1. The van der Waals surface area contributed by atoms with E-state index in [-0.39, 0.29) is 0 Å². The van der Waals surface area contributed by atoms with Gasteiger partial charge in [0.05, 0.1) is 25.0 Å². The zero-order chi connectivity index (χ0) is 16.2. The molecule has 3 rings (SSSR count). The summed E-state index contributed by atoms with van der Waals surface area (Å²) in [5.41, 5.74) is 2.69. The van der Waals surface area contributed by atoms with Gasteiger partial charge in [0, 0.05) is 18.8 Å². The van der Waals surface area contributed by atoms with Crippen molar-refractivity contribution in [3.8, 4) is 5.75 Å². The van der Waals surface area contributed by atoms with Gasteiger partial charge in [-0.25, -0.2) is 4.68 Å². The zero-order valence-electron chi connectivity index (χ0n) is 13.1. The first-order valence-corrected chi connectivity index (χ1v) is 7.37. The number of aromatic nitrogens is 5. The summed E-state index contributed by atoms with van der Waals surface area (Å²) < 4.78 is 9.19. The number of benzene rings is 1. The summed E-state index contributed by atoms with van der Waals surface area (Å²) in [4.78, 5) is 0. The topological polar surface area (TPSA) is 78.0 Å². The Balaban J connectivity index is 1.56. The Morgan fingerprint density at radius 2 is 2.00 bits per heavy atom. The van der Waals surface area contributed by atoms with Crippen molar-refractivity contribution in [2.24, 2.45) is 7.05 Å². The number of hydrogen-bond donors (Lipinski definition) is 1. The molecule has 0 aliphatic heterocycles. The first-order valence-electron chi connectivity index (χ1n) is 7.37. The first kappa shape index (κ1) is 15.2. The standard InChI is InChI=1S/C16H19N5O2/c1-12(22)14-3-5-16(6-4-14)23-11-15-10-21(19-18-15)9-13-7-17-20(2)8-13/h3-8,10,12,22H,9,11H2,1-2H3. The summed E-state index contributed by atoms with van der Waals surface area (Å²) in [5, 5.41) is 21.8. The van der Waals surface area contributed by atoms with Crippen molar-refractivity contribution in [2.75, 3.05) is 0 Å². The smallest absolute Gasteiger partial charge is 0.134 e. The molecule has 120 valence electrons. The molecule has 7 heteroatoms. The molecule has 1 N–H and O–H groups in total. The van der Waals surface area contributed by atoms with Crippen LogP contribution in [0.2, 0.25) is 0 Å². The summed E-state index contributed by atoms with van der Waals surface area (Å²) >= 11 is 0. The fourth-order valence-corrected chi connectivity index (χ4v) is 2.22. The van der Waals surface area contributed by atoms with Crippen molar-refractivity contribution in [1.29, 1.82) is 0 Å². The van der Waals surface area contributed by atoms with Gasteiger partial charge >= 0.3 is 0 Å². The van der Waals surface area contributed by atoms with Crippen molar-refractivity contribution < 1.29 is 9.84 Å². The van der Waals surface area contributed by atoms with Crippen LogP contribution in [0.3, 0.4) is 0 Å². The van der Waals surface area contributed by atoms with Gasteiger partial charge in [0.15, 0.2) is 0 Å². The Morgan fingerprint density at radius 1 is 1.22 bits per heavy atom. The number of nitrogens with zero attached hydrogens (tertiary/aromatic N) is 5. The predicted octanol–water partition coefficient (Wildman–Crippen LogP) is 1.69. The van der Waals surface area contributed by atoms with Gasteiger partial charge in [-0.3, -0.25) is 4.68 Å². The highest BCUT2D eigenvalue weighted by Gasteiger charge is 2.05. The van der Waals surface area contributed by atoms with Gasteiger partial charge in [-0.15, -0.1) is 5.10 Å². The molecule has 2 heterocycles. The van der Waals surface area contributed by atoms with Crippen LogP contribution in [0.5, 0.6) is 5.75 Å². The van der Waals surface area contributed by atoms with Crippen molar-refractivity contribution in [3.05, 3.63) is 59.7 Å². The lowest BCUT2D eigenvalue weighted by Gasteiger charge is -2.07. The molecule has 1 unspecified atom stereocenters. The van der Waals surface area contributed by atoms with Crippen molar-refractivity contribution in [3.63, 3.8) is 0 Å². The van der Waals surface area contributed by atoms with Crippen molar-refractivity contribution in [2.45, 2.75) is 26.2 Å². The van der Waals surface area contributed by atoms with Gasteiger partial charge in [0.25, 0.3) is 0 Å². The first-order chi connectivity index (χ1) is 11.1. The van der Waals surface area contributed by atoms with Crippen LogP contribution in [-0.2, 0) is 20.2 Å². The normalized spacial score (nSPS) is 12.3. The SMILES string of the molecule is CC(O)c1ccc(OCc2cn(Cc3cnn(C)c3)nn2)cc1. The second-order valence-corrected chi connectivity index (χ2v) is 5.46. The maximum Gasteiger partial charge on any atom is 0.134 e. The molecule has 0 amide bonds. The molecule has 0 saturated carbocycles. The van der Waals surface area contributed by atoms with Gasteiger partial charge in [0.1, 0.15) is 18.1 Å². The minimum absolute atomic E-state index is 0.348. The third-order valence-corrected chi connectivity index (χ3v) is 3.44. The average Bonchev–Trinajstić information content (AvgIpc) is 3.15. The lowest BCUT2D eigenvalue weighted by atomic mass is 10.1. The molecule has 1 atom stereocenters. The van der Waals surface area contributed by atoms with Crippen LogP contribution < -0.4 is 4.74 Å². The summed E-state index contributed by atoms with van der Waals surface area (Å²) in [6, 6.07) is 7.36. The maximum absolute atomic E-state index is 9.48. The van der Waals surface area contributed by atoms with Gasteiger partial charge in [0.2, 0.25) is 0 Å². The van der Waals surface area contributed by atoms with E-state index in [1.54, 1.807) is 16.3 Å². The van der Waals surface area contributed by atoms with E-state index in [4.69, 9.17) is 4.74 Å². The molecule has 0 bridgehead atoms. The molecule has 1 aromatic carbocycles. The number of rotatable bonds is 6. The van der Waals surface area contributed by atoms with Gasteiger partial charge in [-0.1, -0.05) is 17.3 Å². The van der Waals surface area contributed by atoms with Gasteiger partial charge < -0.3 is 9.84 Å². The van der Waals surface area contributed by atoms with E-state index in [1.165, 1.54) is 0 Å². The summed E-state index contributed by atoms with van der Waals surface area (Å²) in [6.45, 7) is 2.71. The number of hydrogen-bond acceptors (Lipinski definition) is 5. The summed E-state index contributed by atoms with van der Waals surface area (Å²) in [6.07, 6.45) is 5.14. The Morgan fingerprint density at radius 3 is 2.65 bits per heavy atom. The molecule has 2 aromatic heterocycles. The second-order valence-electron chi connectivity index (χ2n) is 5.46. The molecular formula is C16H19N5O2. The molecule has 0 radical (unpaired) electrons. The number of aliphatic hydroxyl groups excluding tert-OH is 1. The number of aliphatic hydroxyl groups is 1. The molecule has 3 aromatic rings. The lowest BCUT2D eigenvalue weighted by molar-refractivity contribution is 0.199. The second kappa shape index (κ2) is 6.62. The molecule has 7 nitrogen and oxygen atoms in total. The highest BCUT2D eigenvalue weighted by atomic mass is 16.5. The quantitative estimate of drug-likeness (QED) is 0.749. The highest BCUT2D eigenvalue weighted by Crippen LogP contribution is 2.18. The van der Waals surface area contributed by atoms with Gasteiger partial charge in [-0.05, 0) is 24.6 Å². The van der Waals surface area contributed by atoms with Crippen LogP contribution in [0.15, 0.2) is 42.9 Å². The van der Waals surface area contributed by atoms with Crippen molar-refractivity contribution >= 4 is 0 Å². The minimum Gasteiger partial charge on any atom is -0.487 e. The van der Waals surface area contributed by atoms with E-state index in [0.717, 1.165) is 22.6 Å². The maximum atomic E-state index is 9.48. The predicted molar refractivity (Wildman–Crippen MR) is 83.7 cm³/mol. The zero-order valence-corrected chi connectivity index (χ0v) is 13.1. The van der Waals surface area contributed by atoms with Crippen LogP contribution in [0.4, 0.5) is 0 Å². The minimum atomic E-state index is -0.476. The molecule has 0 fully saturated rings. The van der Waals surface area contributed by atoms with Crippen LogP contribution in [0.1, 0.15) is 29.8 Å². The Kier molecular flexibility index (Phi) is 4.38. The van der Waals surface area contributed by atoms with E-state index in [1.807, 2.05) is 49.9 Å². The Labute approximate surface area is 134 Å². The van der Waals surface area contributed by atoms with Crippen LogP contribution in [0.25, 0.3) is 0 Å². The largest absolute Gasteiger partial charge is 0.487 e. The monoisotopic (exact) mass is 313 g/mol. The summed E-state index contributed by atoms with van der Waals surface area (Å²) in [5.74, 6) is 0.733. The van der Waals surface area contributed by atoms with Crippen LogP contribution in [0, 0.1) is 0 Å². The molecule has 0 aliphatic carbocycles. The van der Waals surface area contributed by atoms with Crippen LogP contribution >= 0.6 is 0 Å². The third kappa shape index (κ3) is 3.95. The molecule has 0 saturated heterocycles. The van der Waals surface area contributed by atoms with Gasteiger partial charge in [-0.2, -0.15) is 5.10 Å². The fourth-order valence-electron chi connectivity index (χ4n) is 2.22. The molecule has 0 aliphatic rings. The third-order valence-electron chi connectivity index (χ3n) is 3.44. The van der Waals surface area contributed by atoms with E-state index in [0.29, 0.717) is 13.2 Å². The summed E-state index contributed by atoms with van der Waals surface area (Å²) in [7, 11) is 1.88. The van der Waals surface area contributed by atoms with E-state index >= 15 is 0 Å². The number of aryl methyl sites for hydroxylation is 1. The van der Waals surface area contributed by atoms with E-state index < -0.39 is 6.10 Å². The van der Waals surface area contributed by atoms with Crippen LogP contribution in [-0.4, -0.2) is 29.9 Å².